The molecule has 9 nitrogen and oxygen atoms in total. The molecule has 5 aromatic rings. The van der Waals surface area contributed by atoms with Gasteiger partial charge in [0.15, 0.2) is 0 Å². The average molecular weight is 468 g/mol. The van der Waals surface area contributed by atoms with E-state index < -0.39 is 0 Å². The fourth-order valence-corrected chi connectivity index (χ4v) is 4.36. The van der Waals surface area contributed by atoms with Crippen molar-refractivity contribution in [1.82, 2.24) is 24.7 Å². The quantitative estimate of drug-likeness (QED) is 0.402. The van der Waals surface area contributed by atoms with Gasteiger partial charge in [-0.2, -0.15) is 10.1 Å². The summed E-state index contributed by atoms with van der Waals surface area (Å²) in [5, 5.41) is 9.14. The lowest BCUT2D eigenvalue weighted by atomic mass is 10.1. The van der Waals surface area contributed by atoms with Gasteiger partial charge in [0.25, 0.3) is 0 Å². The normalized spacial score (nSPS) is 13.9. The number of ether oxygens (including phenoxy) is 1. The Morgan fingerprint density at radius 1 is 0.943 bits per heavy atom. The third kappa shape index (κ3) is 4.22. The van der Waals surface area contributed by atoms with Crippen LogP contribution in [0.3, 0.4) is 0 Å². The van der Waals surface area contributed by atoms with Gasteiger partial charge in [-0.1, -0.05) is 12.1 Å². The first-order valence-corrected chi connectivity index (χ1v) is 11.6. The van der Waals surface area contributed by atoms with E-state index in [1.165, 1.54) is 0 Å². The van der Waals surface area contributed by atoms with Crippen LogP contribution in [0.25, 0.3) is 33.6 Å². The Morgan fingerprint density at radius 3 is 2.51 bits per heavy atom. The SMILES string of the molecule is Cc1nn(C)c2cc(-c3cc(Nc4ccc(-c5ncco5)cc4)nc(N4CCOCC4)n3)ccc12. The summed E-state index contributed by atoms with van der Waals surface area (Å²) in [6.07, 6.45) is 3.21. The number of aromatic nitrogens is 5. The van der Waals surface area contributed by atoms with Gasteiger partial charge in [0, 0.05) is 48.4 Å². The highest BCUT2D eigenvalue weighted by atomic mass is 16.5. The van der Waals surface area contributed by atoms with Crippen molar-refractivity contribution < 1.29 is 9.15 Å². The maximum absolute atomic E-state index is 5.53. The summed E-state index contributed by atoms with van der Waals surface area (Å²) >= 11 is 0. The molecule has 0 radical (unpaired) electrons. The smallest absolute Gasteiger partial charge is 0.228 e. The molecule has 0 amide bonds. The van der Waals surface area contributed by atoms with Gasteiger partial charge in [-0.15, -0.1) is 0 Å². The van der Waals surface area contributed by atoms with E-state index >= 15 is 0 Å². The molecule has 4 heterocycles. The van der Waals surface area contributed by atoms with Crippen LogP contribution >= 0.6 is 0 Å². The van der Waals surface area contributed by atoms with Crippen molar-refractivity contribution in [3.63, 3.8) is 0 Å². The average Bonchev–Trinajstić information content (AvgIpc) is 3.53. The van der Waals surface area contributed by atoms with Crippen LogP contribution in [0.1, 0.15) is 5.69 Å². The number of benzene rings is 2. The monoisotopic (exact) mass is 467 g/mol. The van der Waals surface area contributed by atoms with Crippen LogP contribution in [0.2, 0.25) is 0 Å². The molecule has 1 aliphatic rings. The predicted molar refractivity (Wildman–Crippen MR) is 135 cm³/mol. The second kappa shape index (κ2) is 8.84. The van der Waals surface area contributed by atoms with Crippen LogP contribution in [0.4, 0.5) is 17.5 Å². The van der Waals surface area contributed by atoms with E-state index in [4.69, 9.17) is 19.1 Å². The molecule has 9 heteroatoms. The molecule has 0 bridgehead atoms. The Kier molecular flexibility index (Phi) is 5.38. The van der Waals surface area contributed by atoms with Gasteiger partial charge >= 0.3 is 0 Å². The van der Waals surface area contributed by atoms with Crippen LogP contribution in [0.15, 0.2) is 65.4 Å². The van der Waals surface area contributed by atoms with Crippen LogP contribution in [0.5, 0.6) is 0 Å². The minimum absolute atomic E-state index is 0.594. The third-order valence-corrected chi connectivity index (χ3v) is 6.18. The summed E-state index contributed by atoms with van der Waals surface area (Å²) in [7, 11) is 1.97. The molecule has 0 saturated carbocycles. The van der Waals surface area contributed by atoms with Gasteiger partial charge in [-0.3, -0.25) is 4.68 Å². The highest BCUT2D eigenvalue weighted by molar-refractivity contribution is 5.86. The molecule has 2 aromatic carbocycles. The van der Waals surface area contributed by atoms with Crippen molar-refractivity contribution in [2.75, 3.05) is 36.5 Å². The van der Waals surface area contributed by atoms with E-state index in [0.717, 1.165) is 58.0 Å². The Hall–Kier alpha value is -4.24. The number of rotatable bonds is 5. The van der Waals surface area contributed by atoms with Crippen LogP contribution in [-0.2, 0) is 11.8 Å². The van der Waals surface area contributed by atoms with E-state index in [0.29, 0.717) is 25.1 Å². The maximum atomic E-state index is 5.53. The molecule has 176 valence electrons. The van der Waals surface area contributed by atoms with Crippen LogP contribution in [0, 0.1) is 6.92 Å². The number of nitrogens with one attached hydrogen (secondary N) is 1. The number of oxazole rings is 1. The first-order valence-electron chi connectivity index (χ1n) is 11.6. The lowest BCUT2D eigenvalue weighted by molar-refractivity contribution is 0.122. The maximum Gasteiger partial charge on any atom is 0.228 e. The molecular formula is C26H25N7O2. The van der Waals surface area contributed by atoms with Gasteiger partial charge in [0.1, 0.15) is 12.1 Å². The molecule has 1 fully saturated rings. The van der Waals surface area contributed by atoms with Crippen molar-refractivity contribution in [3.05, 3.63) is 66.7 Å². The Morgan fingerprint density at radius 2 is 1.74 bits per heavy atom. The standard InChI is InChI=1S/C26H25N7O2/c1-17-21-8-5-19(15-23(21)32(2)31-17)22-16-24(30-26(29-22)33-10-13-34-14-11-33)28-20-6-3-18(4-7-20)25-27-9-12-35-25/h3-9,12,15-16H,10-11,13-14H2,1-2H3,(H,28,29,30). The van der Waals surface area contributed by atoms with Gasteiger partial charge in [0.05, 0.1) is 36.3 Å². The number of nitrogens with zero attached hydrogens (tertiary/aromatic N) is 6. The van der Waals surface area contributed by atoms with Crippen molar-refractivity contribution in [1.29, 1.82) is 0 Å². The first-order chi connectivity index (χ1) is 17.1. The number of aryl methyl sites for hydroxylation is 2. The molecular weight excluding hydrogens is 442 g/mol. The molecule has 0 spiro atoms. The summed E-state index contributed by atoms with van der Waals surface area (Å²) in [5.41, 5.74) is 5.78. The molecule has 1 N–H and O–H groups in total. The van der Waals surface area contributed by atoms with Gasteiger partial charge in [-0.25, -0.2) is 9.97 Å². The van der Waals surface area contributed by atoms with Crippen LogP contribution in [-0.4, -0.2) is 51.0 Å². The summed E-state index contributed by atoms with van der Waals surface area (Å²) in [4.78, 5) is 16.1. The highest BCUT2D eigenvalue weighted by Crippen LogP contribution is 2.29. The molecule has 1 aliphatic heterocycles. The Bertz CT molecular complexity index is 1470. The molecule has 6 rings (SSSR count). The van der Waals surface area contributed by atoms with Crippen molar-refractivity contribution in [2.45, 2.75) is 6.92 Å². The van der Waals surface area contributed by atoms with E-state index in [9.17, 15) is 0 Å². The van der Waals surface area contributed by atoms with E-state index in [1.54, 1.807) is 12.5 Å². The fraction of sp³-hybridized carbons (Fsp3) is 0.231. The van der Waals surface area contributed by atoms with Gasteiger partial charge in [-0.05, 0) is 37.3 Å². The number of morpholine rings is 1. The Labute approximate surface area is 202 Å². The third-order valence-electron chi connectivity index (χ3n) is 6.18. The van der Waals surface area contributed by atoms with Crippen molar-refractivity contribution >= 4 is 28.4 Å². The number of fused-ring (bicyclic) bond motifs is 1. The highest BCUT2D eigenvalue weighted by Gasteiger charge is 2.17. The van der Waals surface area contributed by atoms with E-state index in [2.05, 4.69) is 38.5 Å². The van der Waals surface area contributed by atoms with E-state index in [1.807, 2.05) is 49.0 Å². The summed E-state index contributed by atoms with van der Waals surface area (Å²) < 4.78 is 12.8. The summed E-state index contributed by atoms with van der Waals surface area (Å²) in [6.45, 7) is 4.87. The van der Waals surface area contributed by atoms with Crippen molar-refractivity contribution in [2.24, 2.45) is 7.05 Å². The zero-order chi connectivity index (χ0) is 23.8. The first kappa shape index (κ1) is 21.3. The van der Waals surface area contributed by atoms with Crippen LogP contribution < -0.4 is 10.2 Å². The summed E-state index contributed by atoms with van der Waals surface area (Å²) in [6, 6.07) is 16.2. The Balaban J connectivity index is 1.37. The zero-order valence-corrected chi connectivity index (χ0v) is 19.6. The molecule has 0 atom stereocenters. The lowest BCUT2D eigenvalue weighted by Gasteiger charge is -2.27. The second-order valence-electron chi connectivity index (χ2n) is 8.52. The lowest BCUT2D eigenvalue weighted by Crippen LogP contribution is -2.37. The molecule has 0 unspecified atom stereocenters. The van der Waals surface area contributed by atoms with Gasteiger partial charge < -0.3 is 19.4 Å². The molecule has 0 aliphatic carbocycles. The van der Waals surface area contributed by atoms with E-state index in [-0.39, 0.29) is 0 Å². The predicted octanol–water partition coefficient (Wildman–Crippen LogP) is 4.57. The zero-order valence-electron chi connectivity index (χ0n) is 19.6. The second-order valence-corrected chi connectivity index (χ2v) is 8.52. The molecule has 35 heavy (non-hydrogen) atoms. The minimum atomic E-state index is 0.594. The number of hydrogen-bond donors (Lipinski definition) is 1. The largest absolute Gasteiger partial charge is 0.445 e. The molecule has 1 saturated heterocycles. The topological polar surface area (TPSA) is 94.1 Å². The number of hydrogen-bond acceptors (Lipinski definition) is 8. The minimum Gasteiger partial charge on any atom is -0.445 e. The van der Waals surface area contributed by atoms with Crippen molar-refractivity contribution in [3.8, 4) is 22.7 Å². The number of anilines is 3. The fourth-order valence-electron chi connectivity index (χ4n) is 4.36. The summed E-state index contributed by atoms with van der Waals surface area (Å²) in [5.74, 6) is 2.00. The molecule has 3 aromatic heterocycles. The van der Waals surface area contributed by atoms with Gasteiger partial charge in [0.2, 0.25) is 11.8 Å².